The van der Waals surface area contributed by atoms with Gasteiger partial charge >= 0.3 is 6.09 Å². The number of hydrogen-bond acceptors (Lipinski definition) is 4. The lowest BCUT2D eigenvalue weighted by Crippen LogP contribution is -2.41. The summed E-state index contributed by atoms with van der Waals surface area (Å²) in [5.74, 6) is -0.372. The molecule has 7 heteroatoms. The molecule has 170 valence electrons. The van der Waals surface area contributed by atoms with Crippen molar-refractivity contribution >= 4 is 35.2 Å². The molecule has 0 saturated carbocycles. The number of nitrogens with zero attached hydrogens (tertiary/aromatic N) is 2. The van der Waals surface area contributed by atoms with Gasteiger partial charge in [-0.05, 0) is 51.8 Å². The minimum Gasteiger partial charge on any atom is -0.443 e. The van der Waals surface area contributed by atoms with E-state index in [0.29, 0.717) is 22.0 Å². The highest BCUT2D eigenvalue weighted by atomic mass is 35.5. The summed E-state index contributed by atoms with van der Waals surface area (Å²) >= 11 is 13.2. The molecular formula is C25H28Cl2N2O3. The van der Waals surface area contributed by atoms with Gasteiger partial charge in [-0.1, -0.05) is 65.7 Å². The molecule has 0 aromatic heterocycles. The molecule has 3 atom stereocenters. The first kappa shape index (κ1) is 24.3. The molecule has 2 aromatic carbocycles. The van der Waals surface area contributed by atoms with E-state index in [1.807, 2.05) is 42.2 Å². The van der Waals surface area contributed by atoms with Crippen molar-refractivity contribution in [2.75, 3.05) is 0 Å². The number of ether oxygens (including phenoxy) is 1. The minimum atomic E-state index is -0.835. The maximum absolute atomic E-state index is 13.6. The van der Waals surface area contributed by atoms with E-state index in [-0.39, 0.29) is 11.9 Å². The molecule has 0 N–H and O–H groups in total. The van der Waals surface area contributed by atoms with E-state index in [0.717, 1.165) is 10.5 Å². The van der Waals surface area contributed by atoms with E-state index in [2.05, 4.69) is 6.58 Å². The van der Waals surface area contributed by atoms with Gasteiger partial charge in [-0.15, -0.1) is 6.58 Å². The average molecular weight is 475 g/mol. The summed E-state index contributed by atoms with van der Waals surface area (Å²) in [7, 11) is 0. The zero-order chi connectivity index (χ0) is 23.6. The van der Waals surface area contributed by atoms with Crippen molar-refractivity contribution in [3.8, 4) is 0 Å². The van der Waals surface area contributed by atoms with Crippen LogP contribution in [0.2, 0.25) is 10.0 Å². The Bertz CT molecular complexity index is 984. The number of carbonyl (C=O) groups is 2. The summed E-state index contributed by atoms with van der Waals surface area (Å²) in [6.45, 7) is 11.1. The molecular weight excluding hydrogens is 447 g/mol. The standard InChI is InChI=1S/C25H28Cl2N2O3/c1-6-11-20-23(30)29(24(31)32-25(3,4)5)22(21-18(26)14-10-15-19(21)27)28(20)16(2)17-12-8-7-9-13-17/h6-10,12-16,20,22H,1,11H2,2-5H3/t16-,20+,22-/m0/s1. The van der Waals surface area contributed by atoms with Gasteiger partial charge in [-0.3, -0.25) is 9.69 Å². The number of amides is 2. The van der Waals surface area contributed by atoms with Gasteiger partial charge in [0.1, 0.15) is 11.8 Å². The number of rotatable bonds is 5. The van der Waals surface area contributed by atoms with Crippen molar-refractivity contribution in [3.63, 3.8) is 0 Å². The van der Waals surface area contributed by atoms with Gasteiger partial charge in [0.25, 0.3) is 5.91 Å². The van der Waals surface area contributed by atoms with Crippen LogP contribution in [0.5, 0.6) is 0 Å². The fourth-order valence-corrected chi connectivity index (χ4v) is 4.61. The monoisotopic (exact) mass is 474 g/mol. The maximum atomic E-state index is 13.6. The van der Waals surface area contributed by atoms with Gasteiger partial charge in [0.05, 0.1) is 6.04 Å². The van der Waals surface area contributed by atoms with Gasteiger partial charge < -0.3 is 4.74 Å². The SMILES string of the molecule is C=CC[C@@H]1C(=O)N(C(=O)OC(C)(C)C)[C@@H](c2c(Cl)cccc2Cl)N1[C@@H](C)c1ccccc1. The van der Waals surface area contributed by atoms with E-state index in [4.69, 9.17) is 27.9 Å². The van der Waals surface area contributed by atoms with Crippen LogP contribution in [0, 0.1) is 0 Å². The first-order valence-electron chi connectivity index (χ1n) is 10.5. The second kappa shape index (κ2) is 9.65. The molecule has 2 aromatic rings. The van der Waals surface area contributed by atoms with E-state index < -0.39 is 23.9 Å². The molecule has 3 rings (SSSR count). The molecule has 0 aliphatic carbocycles. The highest BCUT2D eigenvalue weighted by Crippen LogP contribution is 2.46. The van der Waals surface area contributed by atoms with Gasteiger partial charge in [0.2, 0.25) is 0 Å². The first-order valence-corrected chi connectivity index (χ1v) is 11.3. The molecule has 1 aliphatic rings. The van der Waals surface area contributed by atoms with E-state index in [1.165, 1.54) is 0 Å². The van der Waals surface area contributed by atoms with Crippen LogP contribution >= 0.6 is 23.2 Å². The number of benzene rings is 2. The largest absolute Gasteiger partial charge is 0.443 e. The first-order chi connectivity index (χ1) is 15.1. The average Bonchev–Trinajstić information content (AvgIpc) is 2.99. The van der Waals surface area contributed by atoms with Gasteiger partial charge in [0, 0.05) is 21.7 Å². The molecule has 1 aliphatic heterocycles. The van der Waals surface area contributed by atoms with E-state index in [1.54, 1.807) is 45.0 Å². The fourth-order valence-electron chi connectivity index (χ4n) is 4.01. The molecule has 0 bridgehead atoms. The van der Waals surface area contributed by atoms with Crippen LogP contribution in [-0.4, -0.2) is 33.4 Å². The smallest absolute Gasteiger partial charge is 0.418 e. The third kappa shape index (κ3) is 4.85. The second-order valence-corrected chi connectivity index (χ2v) is 9.59. The topological polar surface area (TPSA) is 49.9 Å². The Labute approximate surface area is 199 Å². The molecule has 2 amide bonds. The van der Waals surface area contributed by atoms with Crippen LogP contribution in [0.4, 0.5) is 4.79 Å². The van der Waals surface area contributed by atoms with Crippen molar-refractivity contribution in [1.29, 1.82) is 0 Å². The van der Waals surface area contributed by atoms with Crippen LogP contribution in [0.1, 0.15) is 57.5 Å². The Morgan fingerprint density at radius 2 is 1.72 bits per heavy atom. The number of halogens is 2. The lowest BCUT2D eigenvalue weighted by molar-refractivity contribution is -0.129. The van der Waals surface area contributed by atoms with Crippen LogP contribution in [-0.2, 0) is 9.53 Å². The Hall–Kier alpha value is -2.34. The molecule has 1 heterocycles. The zero-order valence-corrected chi connectivity index (χ0v) is 20.2. The minimum absolute atomic E-state index is 0.227. The molecule has 0 radical (unpaired) electrons. The lowest BCUT2D eigenvalue weighted by atomic mass is 10.0. The highest BCUT2D eigenvalue weighted by Gasteiger charge is 2.53. The van der Waals surface area contributed by atoms with Crippen molar-refractivity contribution in [2.24, 2.45) is 0 Å². The lowest BCUT2D eigenvalue weighted by Gasteiger charge is -2.36. The normalized spacial score (nSPS) is 20.3. The summed E-state index contributed by atoms with van der Waals surface area (Å²) in [5.41, 5.74) is 0.705. The van der Waals surface area contributed by atoms with E-state index >= 15 is 0 Å². The maximum Gasteiger partial charge on any atom is 0.418 e. The van der Waals surface area contributed by atoms with Crippen molar-refractivity contribution < 1.29 is 14.3 Å². The van der Waals surface area contributed by atoms with Crippen LogP contribution in [0.3, 0.4) is 0 Å². The second-order valence-electron chi connectivity index (χ2n) is 8.77. The Morgan fingerprint density at radius 3 is 2.25 bits per heavy atom. The summed E-state index contributed by atoms with van der Waals surface area (Å²) < 4.78 is 5.61. The zero-order valence-electron chi connectivity index (χ0n) is 18.7. The Morgan fingerprint density at radius 1 is 1.12 bits per heavy atom. The van der Waals surface area contributed by atoms with Gasteiger partial charge in [-0.25, -0.2) is 9.69 Å². The number of carbonyl (C=O) groups excluding carboxylic acids is 2. The Kier molecular flexibility index (Phi) is 7.33. The molecule has 0 spiro atoms. The fraction of sp³-hybridized carbons (Fsp3) is 0.360. The molecule has 32 heavy (non-hydrogen) atoms. The third-order valence-corrected chi connectivity index (χ3v) is 6.04. The highest BCUT2D eigenvalue weighted by molar-refractivity contribution is 6.36. The van der Waals surface area contributed by atoms with Crippen molar-refractivity contribution in [2.45, 2.75) is 58.0 Å². The number of hydrogen-bond donors (Lipinski definition) is 0. The van der Waals surface area contributed by atoms with Crippen LogP contribution in [0.25, 0.3) is 0 Å². The third-order valence-electron chi connectivity index (χ3n) is 5.38. The number of imide groups is 1. The quantitative estimate of drug-likeness (QED) is 0.448. The molecule has 0 unspecified atom stereocenters. The molecule has 1 saturated heterocycles. The summed E-state index contributed by atoms with van der Waals surface area (Å²) in [6, 6.07) is 14.1. The predicted octanol–water partition coefficient (Wildman–Crippen LogP) is 6.78. The summed E-state index contributed by atoms with van der Waals surface area (Å²) in [5, 5.41) is 0.738. The Balaban J connectivity index is 2.21. The molecule has 5 nitrogen and oxygen atoms in total. The van der Waals surface area contributed by atoms with Gasteiger partial charge in [0.15, 0.2) is 0 Å². The van der Waals surface area contributed by atoms with E-state index in [9.17, 15) is 9.59 Å². The van der Waals surface area contributed by atoms with Crippen LogP contribution < -0.4 is 0 Å². The molecule has 1 fully saturated rings. The summed E-state index contributed by atoms with van der Waals surface area (Å²) in [6.07, 6.45) is 0.462. The van der Waals surface area contributed by atoms with Crippen molar-refractivity contribution in [3.05, 3.63) is 82.4 Å². The predicted molar refractivity (Wildman–Crippen MR) is 128 cm³/mol. The summed E-state index contributed by atoms with van der Waals surface area (Å²) in [4.78, 5) is 30.0. The van der Waals surface area contributed by atoms with Crippen LogP contribution in [0.15, 0.2) is 61.2 Å². The van der Waals surface area contributed by atoms with Crippen molar-refractivity contribution in [1.82, 2.24) is 9.80 Å². The van der Waals surface area contributed by atoms with Gasteiger partial charge in [-0.2, -0.15) is 0 Å².